The Morgan fingerprint density at radius 2 is 1.88 bits per heavy atom. The topological polar surface area (TPSA) is 39.7 Å². The highest BCUT2D eigenvalue weighted by Crippen LogP contribution is 2.33. The van der Waals surface area contributed by atoms with Crippen molar-refractivity contribution in [2.45, 2.75) is 58.0 Å². The van der Waals surface area contributed by atoms with E-state index in [0.29, 0.717) is 6.04 Å². The molecule has 26 heavy (non-hydrogen) atoms. The van der Waals surface area contributed by atoms with Gasteiger partial charge in [0.15, 0.2) is 5.96 Å². The van der Waals surface area contributed by atoms with Crippen LogP contribution in [0.15, 0.2) is 29.3 Å². The second-order valence-electron chi connectivity index (χ2n) is 7.71. The second-order valence-corrected chi connectivity index (χ2v) is 7.71. The van der Waals surface area contributed by atoms with Gasteiger partial charge in [-0.05, 0) is 49.7 Å². The molecule has 4 nitrogen and oxygen atoms in total. The summed E-state index contributed by atoms with van der Waals surface area (Å²) in [6, 6.07) is 9.28. The third-order valence-electron chi connectivity index (χ3n) is 5.59. The zero-order valence-electron chi connectivity index (χ0n) is 16.3. The van der Waals surface area contributed by atoms with Crippen molar-refractivity contribution in [3.05, 3.63) is 35.4 Å². The van der Waals surface area contributed by atoms with Crippen molar-refractivity contribution in [2.75, 3.05) is 26.7 Å². The summed E-state index contributed by atoms with van der Waals surface area (Å²) >= 11 is 0. The molecule has 0 atom stereocenters. The predicted molar refractivity (Wildman–Crippen MR) is 121 cm³/mol. The van der Waals surface area contributed by atoms with Gasteiger partial charge in [-0.2, -0.15) is 0 Å². The number of aryl methyl sites for hydroxylation is 1. The lowest BCUT2D eigenvalue weighted by atomic mass is 10.0. The van der Waals surface area contributed by atoms with Crippen molar-refractivity contribution in [1.29, 1.82) is 0 Å². The van der Waals surface area contributed by atoms with Gasteiger partial charge in [-0.15, -0.1) is 24.0 Å². The van der Waals surface area contributed by atoms with Gasteiger partial charge in [-0.3, -0.25) is 9.89 Å². The van der Waals surface area contributed by atoms with Crippen LogP contribution in [-0.4, -0.2) is 43.6 Å². The fourth-order valence-corrected chi connectivity index (χ4v) is 3.66. The highest BCUT2D eigenvalue weighted by atomic mass is 127. The van der Waals surface area contributed by atoms with Crippen LogP contribution in [0.2, 0.25) is 0 Å². The van der Waals surface area contributed by atoms with Crippen molar-refractivity contribution >= 4 is 29.9 Å². The average Bonchev–Trinajstić information content (AvgIpc) is 3.45. The number of rotatable bonds is 7. The number of piperidine rings is 1. The van der Waals surface area contributed by atoms with Gasteiger partial charge in [0.1, 0.15) is 0 Å². The Bertz CT molecular complexity index is 563. The van der Waals surface area contributed by atoms with Crippen molar-refractivity contribution < 1.29 is 0 Å². The Morgan fingerprint density at radius 3 is 2.54 bits per heavy atom. The van der Waals surface area contributed by atoms with Crippen LogP contribution >= 0.6 is 24.0 Å². The standard InChI is InChI=1S/C21H34N4.HI/c1-17-6-3-4-8-19(17)16-25-14-11-20(12-15-25)24-21(22-2)23-13-5-7-18-9-10-18;/h3-4,6,8,18,20H,5,7,9-16H2,1-2H3,(H2,22,23,24);1H. The van der Waals surface area contributed by atoms with Crippen LogP contribution in [0.25, 0.3) is 0 Å². The minimum atomic E-state index is 0. The largest absolute Gasteiger partial charge is 0.356 e. The Balaban J connectivity index is 0.00000243. The van der Waals surface area contributed by atoms with Gasteiger partial charge in [0.2, 0.25) is 0 Å². The molecule has 1 saturated heterocycles. The molecule has 3 rings (SSSR count). The summed E-state index contributed by atoms with van der Waals surface area (Å²) in [7, 11) is 1.88. The number of hydrogen-bond acceptors (Lipinski definition) is 2. The Labute approximate surface area is 176 Å². The molecule has 1 aromatic carbocycles. The lowest BCUT2D eigenvalue weighted by Gasteiger charge is -2.33. The summed E-state index contributed by atoms with van der Waals surface area (Å²) in [4.78, 5) is 6.97. The van der Waals surface area contributed by atoms with Crippen molar-refractivity contribution in [3.63, 3.8) is 0 Å². The van der Waals surface area contributed by atoms with Gasteiger partial charge >= 0.3 is 0 Å². The molecule has 0 bridgehead atoms. The van der Waals surface area contributed by atoms with Gasteiger partial charge in [0.25, 0.3) is 0 Å². The van der Waals surface area contributed by atoms with Crippen LogP contribution in [-0.2, 0) is 6.54 Å². The van der Waals surface area contributed by atoms with E-state index in [-0.39, 0.29) is 24.0 Å². The first-order chi connectivity index (χ1) is 12.2. The maximum Gasteiger partial charge on any atom is 0.191 e. The van der Waals surface area contributed by atoms with Crippen LogP contribution < -0.4 is 10.6 Å². The fraction of sp³-hybridized carbons (Fsp3) is 0.667. The Kier molecular flexibility index (Phi) is 9.19. The number of likely N-dealkylation sites (tertiary alicyclic amines) is 1. The van der Waals surface area contributed by atoms with Crippen LogP contribution in [0.4, 0.5) is 0 Å². The maximum absolute atomic E-state index is 4.39. The number of hydrogen-bond donors (Lipinski definition) is 2. The molecule has 1 saturated carbocycles. The lowest BCUT2D eigenvalue weighted by molar-refractivity contribution is 0.198. The van der Waals surface area contributed by atoms with E-state index in [1.807, 2.05) is 7.05 Å². The number of guanidine groups is 1. The molecule has 0 aromatic heterocycles. The van der Waals surface area contributed by atoms with Gasteiger partial charge < -0.3 is 10.6 Å². The fourth-order valence-electron chi connectivity index (χ4n) is 3.66. The van der Waals surface area contributed by atoms with Gasteiger partial charge in [0.05, 0.1) is 0 Å². The summed E-state index contributed by atoms with van der Waals surface area (Å²) in [6.07, 6.45) is 7.92. The molecule has 1 heterocycles. The van der Waals surface area contributed by atoms with Crippen molar-refractivity contribution in [1.82, 2.24) is 15.5 Å². The zero-order chi connectivity index (χ0) is 17.5. The van der Waals surface area contributed by atoms with Crippen molar-refractivity contribution in [3.8, 4) is 0 Å². The molecule has 1 aliphatic carbocycles. The molecule has 2 aliphatic rings. The summed E-state index contributed by atoms with van der Waals surface area (Å²) in [5, 5.41) is 7.10. The minimum Gasteiger partial charge on any atom is -0.356 e. The van der Waals surface area contributed by atoms with Crippen LogP contribution in [0, 0.1) is 12.8 Å². The van der Waals surface area contributed by atoms with E-state index in [2.05, 4.69) is 51.7 Å². The third-order valence-corrected chi connectivity index (χ3v) is 5.59. The molecule has 0 unspecified atom stereocenters. The maximum atomic E-state index is 4.39. The average molecular weight is 470 g/mol. The van der Waals surface area contributed by atoms with E-state index in [1.54, 1.807) is 0 Å². The quantitative estimate of drug-likeness (QED) is 0.275. The third kappa shape index (κ3) is 7.06. The number of aliphatic imine (C=N–C) groups is 1. The van der Waals surface area contributed by atoms with Crippen molar-refractivity contribution in [2.24, 2.45) is 10.9 Å². The highest BCUT2D eigenvalue weighted by Gasteiger charge is 2.21. The molecule has 2 N–H and O–H groups in total. The molecule has 1 aliphatic heterocycles. The van der Waals surface area contributed by atoms with Gasteiger partial charge in [0, 0.05) is 39.3 Å². The second kappa shape index (κ2) is 11.1. The number of halogens is 1. The molecule has 0 radical (unpaired) electrons. The van der Waals surface area contributed by atoms with E-state index >= 15 is 0 Å². The number of nitrogens with zero attached hydrogens (tertiary/aromatic N) is 2. The molecule has 146 valence electrons. The van der Waals surface area contributed by atoms with Crippen LogP contribution in [0.5, 0.6) is 0 Å². The first-order valence-corrected chi connectivity index (χ1v) is 9.98. The molecule has 2 fully saturated rings. The van der Waals surface area contributed by atoms with E-state index in [1.165, 1.54) is 49.7 Å². The minimum absolute atomic E-state index is 0. The molecular formula is C21H35IN4. The normalized spacial score (nSPS) is 19.1. The smallest absolute Gasteiger partial charge is 0.191 e. The van der Waals surface area contributed by atoms with Gasteiger partial charge in [-0.25, -0.2) is 0 Å². The Morgan fingerprint density at radius 1 is 1.15 bits per heavy atom. The van der Waals surface area contributed by atoms with E-state index < -0.39 is 0 Å². The first kappa shape index (κ1) is 21.5. The van der Waals surface area contributed by atoms with Crippen LogP contribution in [0.1, 0.15) is 49.7 Å². The summed E-state index contributed by atoms with van der Waals surface area (Å²) in [6.45, 7) is 6.65. The van der Waals surface area contributed by atoms with E-state index in [9.17, 15) is 0 Å². The lowest BCUT2D eigenvalue weighted by Crippen LogP contribution is -2.48. The van der Waals surface area contributed by atoms with Crippen LogP contribution in [0.3, 0.4) is 0 Å². The monoisotopic (exact) mass is 470 g/mol. The zero-order valence-corrected chi connectivity index (χ0v) is 18.7. The van der Waals surface area contributed by atoms with Gasteiger partial charge in [-0.1, -0.05) is 37.1 Å². The van der Waals surface area contributed by atoms with E-state index in [4.69, 9.17) is 0 Å². The number of benzene rings is 1. The molecular weight excluding hydrogens is 435 g/mol. The summed E-state index contributed by atoms with van der Waals surface area (Å²) in [5.74, 6) is 2.00. The molecule has 0 amide bonds. The predicted octanol–water partition coefficient (Wildman–Crippen LogP) is 3.93. The summed E-state index contributed by atoms with van der Waals surface area (Å²) in [5.41, 5.74) is 2.86. The SMILES string of the molecule is CN=C(NCCCC1CC1)NC1CCN(Cc2ccccc2C)CC1.I. The highest BCUT2D eigenvalue weighted by molar-refractivity contribution is 14.0. The molecule has 0 spiro atoms. The molecule has 1 aromatic rings. The summed E-state index contributed by atoms with van der Waals surface area (Å²) < 4.78 is 0. The molecule has 5 heteroatoms. The van der Waals surface area contributed by atoms with E-state index in [0.717, 1.165) is 38.1 Å². The number of nitrogens with one attached hydrogen (secondary N) is 2. The first-order valence-electron chi connectivity index (χ1n) is 9.98. The Hall–Kier alpha value is -0.820.